The molecule has 1 amide bonds. The number of aromatic amines is 1. The van der Waals surface area contributed by atoms with Crippen molar-refractivity contribution in [3.8, 4) is 0 Å². The molecule has 6 nitrogen and oxygen atoms in total. The molecule has 23 heavy (non-hydrogen) atoms. The van der Waals surface area contributed by atoms with E-state index < -0.39 is 5.60 Å². The second-order valence-corrected chi connectivity index (χ2v) is 7.43. The van der Waals surface area contributed by atoms with Gasteiger partial charge in [-0.1, -0.05) is 0 Å². The number of ether oxygens (including phenoxy) is 1. The van der Waals surface area contributed by atoms with Crippen molar-refractivity contribution in [3.63, 3.8) is 0 Å². The smallest absolute Gasteiger partial charge is 0.274 e. The maximum Gasteiger partial charge on any atom is 0.274 e. The topological polar surface area (TPSA) is 78.5 Å². The van der Waals surface area contributed by atoms with E-state index in [0.29, 0.717) is 37.5 Å². The maximum absolute atomic E-state index is 12.9. The van der Waals surface area contributed by atoms with Gasteiger partial charge >= 0.3 is 0 Å². The van der Waals surface area contributed by atoms with E-state index in [1.807, 2.05) is 18.7 Å². The zero-order valence-electron chi connectivity index (χ0n) is 13.8. The Kier molecular flexibility index (Phi) is 3.50. The number of amides is 1. The van der Waals surface area contributed by atoms with Crippen LogP contribution in [0.5, 0.6) is 0 Å². The molecule has 0 aromatic carbocycles. The summed E-state index contributed by atoms with van der Waals surface area (Å²) in [5, 5.41) is 17.9. The molecule has 0 radical (unpaired) electrons. The summed E-state index contributed by atoms with van der Waals surface area (Å²) in [5.41, 5.74) is 1.93. The fraction of sp³-hybridized carbons (Fsp3) is 0.765. The van der Waals surface area contributed by atoms with Gasteiger partial charge in [-0.15, -0.1) is 0 Å². The van der Waals surface area contributed by atoms with Gasteiger partial charge in [-0.2, -0.15) is 5.10 Å². The summed E-state index contributed by atoms with van der Waals surface area (Å²) in [6, 6.07) is 0. The standard InChI is InChI=1S/C17H25N3O3/c1-10-9-13-14(11(2)23-10)18-19-15(13)16(21)20-7-5-17(22,6-8-20)12-3-4-12/h10-12,22H,3-9H2,1-2H3,(H,18,19)/t10-,11+/m1/s1. The van der Waals surface area contributed by atoms with Gasteiger partial charge in [0, 0.05) is 25.1 Å². The van der Waals surface area contributed by atoms with Crippen molar-refractivity contribution in [2.45, 2.75) is 63.8 Å². The van der Waals surface area contributed by atoms with Crippen LogP contribution in [0.4, 0.5) is 0 Å². The zero-order valence-corrected chi connectivity index (χ0v) is 13.8. The van der Waals surface area contributed by atoms with Crippen LogP contribution in [0.3, 0.4) is 0 Å². The van der Waals surface area contributed by atoms with Gasteiger partial charge in [-0.3, -0.25) is 9.89 Å². The van der Waals surface area contributed by atoms with Crippen LogP contribution in [0, 0.1) is 5.92 Å². The summed E-state index contributed by atoms with van der Waals surface area (Å²) in [5.74, 6) is 0.443. The quantitative estimate of drug-likeness (QED) is 0.871. The Labute approximate surface area is 136 Å². The molecular formula is C17H25N3O3. The number of aliphatic hydroxyl groups is 1. The summed E-state index contributed by atoms with van der Waals surface area (Å²) < 4.78 is 5.78. The Morgan fingerprint density at radius 3 is 2.70 bits per heavy atom. The molecule has 4 rings (SSSR count). The third kappa shape index (κ3) is 2.58. The Morgan fingerprint density at radius 2 is 2.04 bits per heavy atom. The van der Waals surface area contributed by atoms with Crippen LogP contribution in [-0.2, 0) is 11.2 Å². The molecule has 6 heteroatoms. The Hall–Kier alpha value is -1.40. The minimum atomic E-state index is -0.543. The molecule has 1 aromatic rings. The SMILES string of the molecule is C[C@@H]1Cc2c(C(=O)N3CCC(O)(C4CC4)CC3)n[nH]c2[C@H](C)O1. The van der Waals surface area contributed by atoms with Crippen molar-refractivity contribution >= 4 is 5.91 Å². The number of hydrogen-bond acceptors (Lipinski definition) is 4. The van der Waals surface area contributed by atoms with Crippen LogP contribution in [-0.4, -0.2) is 50.9 Å². The lowest BCUT2D eigenvalue weighted by molar-refractivity contribution is -0.0340. The third-order valence-electron chi connectivity index (χ3n) is 5.69. The van der Waals surface area contributed by atoms with Gasteiger partial charge in [-0.05, 0) is 45.4 Å². The van der Waals surface area contributed by atoms with Crippen LogP contribution in [0.2, 0.25) is 0 Å². The molecule has 2 atom stereocenters. The summed E-state index contributed by atoms with van der Waals surface area (Å²) >= 11 is 0. The number of piperidine rings is 1. The zero-order chi connectivity index (χ0) is 16.2. The van der Waals surface area contributed by atoms with Crippen molar-refractivity contribution in [1.29, 1.82) is 0 Å². The van der Waals surface area contributed by atoms with E-state index in [0.717, 1.165) is 30.5 Å². The highest BCUT2D eigenvalue weighted by Gasteiger charge is 2.46. The van der Waals surface area contributed by atoms with E-state index >= 15 is 0 Å². The van der Waals surface area contributed by atoms with Gasteiger partial charge in [0.25, 0.3) is 5.91 Å². The van der Waals surface area contributed by atoms with Crippen molar-refractivity contribution in [1.82, 2.24) is 15.1 Å². The molecule has 1 saturated heterocycles. The first-order valence-electron chi connectivity index (χ1n) is 8.72. The van der Waals surface area contributed by atoms with Crippen molar-refractivity contribution in [2.24, 2.45) is 5.92 Å². The predicted octanol–water partition coefficient (Wildman–Crippen LogP) is 1.81. The minimum Gasteiger partial charge on any atom is -0.389 e. The van der Waals surface area contributed by atoms with Gasteiger partial charge in [0.05, 0.1) is 23.5 Å². The first-order valence-corrected chi connectivity index (χ1v) is 8.72. The summed E-state index contributed by atoms with van der Waals surface area (Å²) in [6.45, 7) is 5.25. The van der Waals surface area contributed by atoms with Crippen molar-refractivity contribution < 1.29 is 14.6 Å². The van der Waals surface area contributed by atoms with Crippen molar-refractivity contribution in [2.75, 3.05) is 13.1 Å². The lowest BCUT2D eigenvalue weighted by atomic mass is 9.86. The van der Waals surface area contributed by atoms with Crippen LogP contribution in [0.25, 0.3) is 0 Å². The molecule has 1 saturated carbocycles. The molecule has 0 unspecified atom stereocenters. The van der Waals surface area contributed by atoms with Crippen LogP contribution < -0.4 is 0 Å². The van der Waals surface area contributed by atoms with E-state index in [1.165, 1.54) is 0 Å². The number of rotatable bonds is 2. The van der Waals surface area contributed by atoms with Crippen LogP contribution in [0.1, 0.15) is 67.4 Å². The number of carbonyl (C=O) groups excluding carboxylic acids is 1. The molecule has 2 aliphatic heterocycles. The number of nitrogens with zero attached hydrogens (tertiary/aromatic N) is 2. The monoisotopic (exact) mass is 319 g/mol. The molecule has 3 heterocycles. The molecule has 0 spiro atoms. The summed E-state index contributed by atoms with van der Waals surface area (Å²) in [4.78, 5) is 14.7. The van der Waals surface area contributed by atoms with Gasteiger partial charge in [0.2, 0.25) is 0 Å². The fourth-order valence-corrected chi connectivity index (χ4v) is 4.13. The first-order chi connectivity index (χ1) is 11.0. The lowest BCUT2D eigenvalue weighted by Crippen LogP contribution is -2.48. The predicted molar refractivity (Wildman–Crippen MR) is 84.1 cm³/mol. The largest absolute Gasteiger partial charge is 0.389 e. The number of fused-ring (bicyclic) bond motifs is 1. The number of H-pyrrole nitrogens is 1. The maximum atomic E-state index is 12.9. The molecule has 2 N–H and O–H groups in total. The van der Waals surface area contributed by atoms with Crippen LogP contribution >= 0.6 is 0 Å². The molecule has 2 fully saturated rings. The third-order valence-corrected chi connectivity index (χ3v) is 5.69. The Bertz CT molecular complexity index is 615. The van der Waals surface area contributed by atoms with Gasteiger partial charge in [0.1, 0.15) is 0 Å². The summed E-state index contributed by atoms with van der Waals surface area (Å²) in [6.07, 6.45) is 4.40. The van der Waals surface area contributed by atoms with Gasteiger partial charge in [-0.25, -0.2) is 0 Å². The highest BCUT2D eigenvalue weighted by Crippen LogP contribution is 2.45. The Balaban J connectivity index is 1.50. The minimum absolute atomic E-state index is 0.0124. The molecule has 126 valence electrons. The molecule has 3 aliphatic rings. The lowest BCUT2D eigenvalue weighted by Gasteiger charge is -2.38. The fourth-order valence-electron chi connectivity index (χ4n) is 4.13. The van der Waals surface area contributed by atoms with E-state index in [4.69, 9.17) is 4.74 Å². The van der Waals surface area contributed by atoms with E-state index in [9.17, 15) is 9.90 Å². The molecule has 1 aromatic heterocycles. The van der Waals surface area contributed by atoms with E-state index in [1.54, 1.807) is 0 Å². The molecule has 0 bridgehead atoms. The van der Waals surface area contributed by atoms with Gasteiger partial charge in [0.15, 0.2) is 5.69 Å². The van der Waals surface area contributed by atoms with Crippen molar-refractivity contribution in [3.05, 3.63) is 17.0 Å². The average Bonchev–Trinajstić information content (AvgIpc) is 3.29. The first kappa shape index (κ1) is 15.1. The molecular weight excluding hydrogens is 294 g/mol. The normalized spacial score (nSPS) is 30.1. The second-order valence-electron chi connectivity index (χ2n) is 7.43. The van der Waals surface area contributed by atoms with Gasteiger partial charge < -0.3 is 14.7 Å². The highest BCUT2D eigenvalue weighted by atomic mass is 16.5. The number of aromatic nitrogens is 2. The van der Waals surface area contributed by atoms with Crippen LogP contribution in [0.15, 0.2) is 0 Å². The average molecular weight is 319 g/mol. The number of nitrogens with one attached hydrogen (secondary N) is 1. The number of likely N-dealkylation sites (tertiary alicyclic amines) is 1. The highest BCUT2D eigenvalue weighted by molar-refractivity contribution is 5.94. The van der Waals surface area contributed by atoms with E-state index in [2.05, 4.69) is 10.2 Å². The summed E-state index contributed by atoms with van der Waals surface area (Å²) in [7, 11) is 0. The number of carbonyl (C=O) groups is 1. The second kappa shape index (κ2) is 5.31. The Morgan fingerprint density at radius 1 is 1.35 bits per heavy atom. The number of hydrogen-bond donors (Lipinski definition) is 2. The molecule has 1 aliphatic carbocycles. The van der Waals surface area contributed by atoms with E-state index in [-0.39, 0.29) is 18.1 Å².